The van der Waals surface area contributed by atoms with E-state index in [0.717, 1.165) is 41.8 Å². The minimum atomic E-state index is 0.647. The van der Waals surface area contributed by atoms with Gasteiger partial charge in [-0.1, -0.05) is 0 Å². The standard InChI is InChI=1S/C16H20N6O/c1-12-5-6-14(23-12)9-17-13-8-18-21(10-13)11-16-20-19-15-4-2-3-7-22(15)16/h5-6,8,10,17H,2-4,7,9,11H2,1H3. The van der Waals surface area contributed by atoms with E-state index in [1.165, 1.54) is 12.8 Å². The fourth-order valence-corrected chi connectivity index (χ4v) is 2.94. The predicted octanol–water partition coefficient (Wildman–Crippen LogP) is 2.37. The Kier molecular flexibility index (Phi) is 3.61. The van der Waals surface area contributed by atoms with Crippen LogP contribution in [-0.4, -0.2) is 24.5 Å². The van der Waals surface area contributed by atoms with Crippen LogP contribution < -0.4 is 5.32 Å². The molecule has 4 heterocycles. The van der Waals surface area contributed by atoms with Gasteiger partial charge in [0.15, 0.2) is 5.82 Å². The second-order valence-corrected chi connectivity index (χ2v) is 5.93. The van der Waals surface area contributed by atoms with Crippen molar-refractivity contribution in [3.63, 3.8) is 0 Å². The lowest BCUT2D eigenvalue weighted by atomic mass is 10.2. The first-order valence-electron chi connectivity index (χ1n) is 8.00. The van der Waals surface area contributed by atoms with Crippen molar-refractivity contribution in [1.82, 2.24) is 24.5 Å². The fourth-order valence-electron chi connectivity index (χ4n) is 2.94. The summed E-state index contributed by atoms with van der Waals surface area (Å²) in [5, 5.41) is 16.3. The lowest BCUT2D eigenvalue weighted by molar-refractivity contribution is 0.490. The molecule has 0 saturated carbocycles. The number of furan rings is 1. The Balaban J connectivity index is 1.41. The van der Waals surface area contributed by atoms with E-state index in [1.54, 1.807) is 0 Å². The van der Waals surface area contributed by atoms with E-state index in [2.05, 4.69) is 25.2 Å². The van der Waals surface area contributed by atoms with Crippen molar-refractivity contribution < 1.29 is 4.42 Å². The number of hydrogen-bond donors (Lipinski definition) is 1. The molecule has 0 saturated heterocycles. The van der Waals surface area contributed by atoms with Crippen LogP contribution in [0.5, 0.6) is 0 Å². The Labute approximate surface area is 134 Å². The number of nitrogens with one attached hydrogen (secondary N) is 1. The third kappa shape index (κ3) is 2.99. The number of hydrogen-bond acceptors (Lipinski definition) is 5. The van der Waals surface area contributed by atoms with Gasteiger partial charge in [-0.3, -0.25) is 4.68 Å². The topological polar surface area (TPSA) is 73.7 Å². The molecule has 0 atom stereocenters. The van der Waals surface area contributed by atoms with Crippen molar-refractivity contribution in [2.24, 2.45) is 0 Å². The highest BCUT2D eigenvalue weighted by Gasteiger charge is 2.16. The number of rotatable bonds is 5. The first-order chi connectivity index (χ1) is 11.3. The van der Waals surface area contributed by atoms with Crippen molar-refractivity contribution in [3.8, 4) is 0 Å². The van der Waals surface area contributed by atoms with Crippen LogP contribution in [0.2, 0.25) is 0 Å². The van der Waals surface area contributed by atoms with E-state index >= 15 is 0 Å². The maximum atomic E-state index is 5.55. The lowest BCUT2D eigenvalue weighted by Crippen LogP contribution is -2.15. The molecular formula is C16H20N6O. The van der Waals surface area contributed by atoms with Crippen molar-refractivity contribution in [2.75, 3.05) is 5.32 Å². The van der Waals surface area contributed by atoms with Crippen LogP contribution >= 0.6 is 0 Å². The molecule has 0 spiro atoms. The Morgan fingerprint density at radius 2 is 2.22 bits per heavy atom. The quantitative estimate of drug-likeness (QED) is 0.783. The summed E-state index contributed by atoms with van der Waals surface area (Å²) in [6, 6.07) is 3.95. The highest BCUT2D eigenvalue weighted by molar-refractivity contribution is 5.38. The highest BCUT2D eigenvalue weighted by atomic mass is 16.3. The van der Waals surface area contributed by atoms with Gasteiger partial charge in [0.1, 0.15) is 23.9 Å². The zero-order valence-electron chi connectivity index (χ0n) is 13.2. The highest BCUT2D eigenvalue weighted by Crippen LogP contribution is 2.16. The summed E-state index contributed by atoms with van der Waals surface area (Å²) in [4.78, 5) is 0. The zero-order valence-corrected chi connectivity index (χ0v) is 13.2. The molecule has 3 aromatic heterocycles. The van der Waals surface area contributed by atoms with E-state index in [4.69, 9.17) is 4.42 Å². The Hall–Kier alpha value is -2.57. The van der Waals surface area contributed by atoms with Gasteiger partial charge < -0.3 is 14.3 Å². The molecular weight excluding hydrogens is 292 g/mol. The smallest absolute Gasteiger partial charge is 0.154 e. The minimum Gasteiger partial charge on any atom is -0.465 e. The zero-order chi connectivity index (χ0) is 15.6. The van der Waals surface area contributed by atoms with Crippen LogP contribution in [0.1, 0.15) is 36.0 Å². The molecule has 1 aliphatic rings. The maximum Gasteiger partial charge on any atom is 0.154 e. The van der Waals surface area contributed by atoms with Crippen molar-refractivity contribution in [3.05, 3.63) is 47.7 Å². The molecule has 3 aromatic rings. The number of aromatic nitrogens is 5. The maximum absolute atomic E-state index is 5.55. The SMILES string of the molecule is Cc1ccc(CNc2cnn(Cc3nnc4n3CCCC4)c2)o1. The summed E-state index contributed by atoms with van der Waals surface area (Å²) in [5.41, 5.74) is 0.970. The minimum absolute atomic E-state index is 0.647. The molecule has 23 heavy (non-hydrogen) atoms. The average Bonchev–Trinajstić information content (AvgIpc) is 3.27. The Morgan fingerprint density at radius 1 is 1.26 bits per heavy atom. The van der Waals surface area contributed by atoms with Crippen LogP contribution in [0.15, 0.2) is 28.9 Å². The number of fused-ring (bicyclic) bond motifs is 1. The van der Waals surface area contributed by atoms with Gasteiger partial charge in [-0.25, -0.2) is 0 Å². The summed E-state index contributed by atoms with van der Waals surface area (Å²) < 4.78 is 9.66. The molecule has 0 unspecified atom stereocenters. The van der Waals surface area contributed by atoms with Gasteiger partial charge in [-0.15, -0.1) is 10.2 Å². The van der Waals surface area contributed by atoms with Crippen LogP contribution in [0.25, 0.3) is 0 Å². The van der Waals surface area contributed by atoms with Crippen LogP contribution in [-0.2, 0) is 26.1 Å². The van der Waals surface area contributed by atoms with Gasteiger partial charge >= 0.3 is 0 Å². The van der Waals surface area contributed by atoms with Crippen LogP contribution in [0, 0.1) is 6.92 Å². The van der Waals surface area contributed by atoms with E-state index < -0.39 is 0 Å². The van der Waals surface area contributed by atoms with Crippen LogP contribution in [0.3, 0.4) is 0 Å². The normalized spacial score (nSPS) is 14.0. The molecule has 0 fully saturated rings. The average molecular weight is 312 g/mol. The van der Waals surface area contributed by atoms with E-state index in [-0.39, 0.29) is 0 Å². The molecule has 7 nitrogen and oxygen atoms in total. The van der Waals surface area contributed by atoms with E-state index in [0.29, 0.717) is 13.1 Å². The molecule has 4 rings (SSSR count). The molecule has 0 aliphatic carbocycles. The van der Waals surface area contributed by atoms with Gasteiger partial charge in [0, 0.05) is 19.2 Å². The van der Waals surface area contributed by atoms with E-state index in [1.807, 2.05) is 36.1 Å². The first kappa shape index (κ1) is 14.0. The van der Waals surface area contributed by atoms with Crippen molar-refractivity contribution in [2.45, 2.75) is 45.8 Å². The molecule has 0 amide bonds. The largest absolute Gasteiger partial charge is 0.465 e. The van der Waals surface area contributed by atoms with Gasteiger partial charge in [0.2, 0.25) is 0 Å². The van der Waals surface area contributed by atoms with Gasteiger partial charge in [-0.05, 0) is 31.9 Å². The number of aryl methyl sites for hydroxylation is 2. The number of anilines is 1. The molecule has 7 heteroatoms. The number of nitrogens with zero attached hydrogens (tertiary/aromatic N) is 5. The monoisotopic (exact) mass is 312 g/mol. The van der Waals surface area contributed by atoms with Crippen LogP contribution in [0.4, 0.5) is 5.69 Å². The van der Waals surface area contributed by atoms with Gasteiger partial charge in [-0.2, -0.15) is 5.10 Å². The molecule has 1 N–H and O–H groups in total. The summed E-state index contributed by atoms with van der Waals surface area (Å²) in [6.45, 7) is 4.26. The Bertz CT molecular complexity index is 799. The molecule has 0 aromatic carbocycles. The Morgan fingerprint density at radius 3 is 3.09 bits per heavy atom. The molecule has 120 valence electrons. The molecule has 0 bridgehead atoms. The summed E-state index contributed by atoms with van der Waals surface area (Å²) in [5.74, 6) is 3.93. The molecule has 0 radical (unpaired) electrons. The predicted molar refractivity (Wildman–Crippen MR) is 85.1 cm³/mol. The molecule has 1 aliphatic heterocycles. The second kappa shape index (κ2) is 5.91. The summed E-state index contributed by atoms with van der Waals surface area (Å²) in [7, 11) is 0. The lowest BCUT2D eigenvalue weighted by Gasteiger charge is -2.14. The third-order valence-electron chi connectivity index (χ3n) is 4.14. The van der Waals surface area contributed by atoms with Crippen molar-refractivity contribution in [1.29, 1.82) is 0 Å². The summed E-state index contributed by atoms with van der Waals surface area (Å²) >= 11 is 0. The second-order valence-electron chi connectivity index (χ2n) is 5.93. The first-order valence-corrected chi connectivity index (χ1v) is 8.00. The van der Waals surface area contributed by atoms with Crippen molar-refractivity contribution >= 4 is 5.69 Å². The van der Waals surface area contributed by atoms with E-state index in [9.17, 15) is 0 Å². The van der Waals surface area contributed by atoms with Gasteiger partial charge in [0.25, 0.3) is 0 Å². The fraction of sp³-hybridized carbons (Fsp3) is 0.438. The summed E-state index contributed by atoms with van der Waals surface area (Å²) in [6.07, 6.45) is 7.25. The van der Waals surface area contributed by atoms with Gasteiger partial charge in [0.05, 0.1) is 18.4 Å². The third-order valence-corrected chi connectivity index (χ3v) is 4.14.